The van der Waals surface area contributed by atoms with Crippen LogP contribution in [0.25, 0.3) is 0 Å². The van der Waals surface area contributed by atoms with Gasteiger partial charge >= 0.3 is 11.6 Å². The van der Waals surface area contributed by atoms with Gasteiger partial charge < -0.3 is 24.5 Å². The molecule has 0 bridgehead atoms. The van der Waals surface area contributed by atoms with E-state index >= 15 is 0 Å². The highest BCUT2D eigenvalue weighted by atomic mass is 16.5. The lowest BCUT2D eigenvalue weighted by Gasteiger charge is -2.26. The fourth-order valence-electron chi connectivity index (χ4n) is 4.81. The van der Waals surface area contributed by atoms with E-state index in [1.807, 2.05) is 46.8 Å². The second kappa shape index (κ2) is 11.9. The molecule has 35 heavy (non-hydrogen) atoms. The normalized spacial score (nSPS) is 22.7. The molecule has 7 nitrogen and oxygen atoms in total. The molecule has 4 unspecified atom stereocenters. The van der Waals surface area contributed by atoms with Gasteiger partial charge in [0.1, 0.15) is 17.1 Å². The summed E-state index contributed by atoms with van der Waals surface area (Å²) in [5.41, 5.74) is 2.42. The standard InChI is InChI=1S/C28H40O7/c1-16(12-18(3)25-20(5)24(30)21(6)27(33)34-25)11-17(2)13-23(26(31)32)9-8-10-28(15-29)14-19(4)22(7)35-28/h11,13-14,18,22-23,29-30H,8-10,12,15H2,1-7H3,(H,31,32). The highest BCUT2D eigenvalue weighted by molar-refractivity contribution is 5.72. The first kappa shape index (κ1) is 28.6. The van der Waals surface area contributed by atoms with Gasteiger partial charge in [0.05, 0.1) is 24.2 Å². The smallest absolute Gasteiger partial charge is 0.342 e. The summed E-state index contributed by atoms with van der Waals surface area (Å²) < 4.78 is 11.4. The minimum Gasteiger partial charge on any atom is -0.507 e. The average Bonchev–Trinajstić information content (AvgIpc) is 3.07. The number of carboxylic acid groups (broad SMARTS) is 1. The molecule has 1 aromatic rings. The number of carbonyl (C=O) groups is 1. The molecule has 2 heterocycles. The van der Waals surface area contributed by atoms with E-state index in [2.05, 4.69) is 0 Å². The maximum atomic E-state index is 12.0. The molecule has 0 radical (unpaired) electrons. The maximum absolute atomic E-state index is 12.0. The lowest BCUT2D eigenvalue weighted by molar-refractivity contribution is -0.140. The Labute approximate surface area is 207 Å². The monoisotopic (exact) mass is 488 g/mol. The van der Waals surface area contributed by atoms with Crippen LogP contribution in [0.2, 0.25) is 0 Å². The van der Waals surface area contributed by atoms with E-state index in [1.165, 1.54) is 6.92 Å². The van der Waals surface area contributed by atoms with Gasteiger partial charge in [-0.3, -0.25) is 4.79 Å². The van der Waals surface area contributed by atoms with E-state index in [1.54, 1.807) is 13.0 Å². The van der Waals surface area contributed by atoms with E-state index in [0.717, 1.165) is 16.7 Å². The van der Waals surface area contributed by atoms with Crippen LogP contribution in [0.4, 0.5) is 0 Å². The number of hydrogen-bond acceptors (Lipinski definition) is 6. The first-order valence-corrected chi connectivity index (χ1v) is 12.2. The summed E-state index contributed by atoms with van der Waals surface area (Å²) in [4.78, 5) is 23.8. The zero-order valence-electron chi connectivity index (χ0n) is 22.0. The Balaban J connectivity index is 2.06. The molecular weight excluding hydrogens is 448 g/mol. The van der Waals surface area contributed by atoms with Crippen molar-refractivity contribution in [3.63, 3.8) is 0 Å². The summed E-state index contributed by atoms with van der Waals surface area (Å²) in [5, 5.41) is 29.8. The quantitative estimate of drug-likeness (QED) is 0.285. The van der Waals surface area contributed by atoms with Crippen molar-refractivity contribution in [3.05, 3.63) is 62.3 Å². The van der Waals surface area contributed by atoms with Gasteiger partial charge in [0, 0.05) is 11.5 Å². The van der Waals surface area contributed by atoms with Crippen LogP contribution in [0.3, 0.4) is 0 Å². The van der Waals surface area contributed by atoms with Crippen molar-refractivity contribution >= 4 is 5.97 Å². The predicted octanol–water partition coefficient (Wildman–Crippen LogP) is 5.32. The Kier molecular flexibility index (Phi) is 9.69. The summed E-state index contributed by atoms with van der Waals surface area (Å²) in [6.45, 7) is 12.8. The van der Waals surface area contributed by atoms with Crippen LogP contribution in [-0.2, 0) is 9.53 Å². The van der Waals surface area contributed by atoms with Crippen molar-refractivity contribution in [2.75, 3.05) is 6.61 Å². The van der Waals surface area contributed by atoms with Gasteiger partial charge in [-0.2, -0.15) is 0 Å². The van der Waals surface area contributed by atoms with Crippen LogP contribution >= 0.6 is 0 Å². The van der Waals surface area contributed by atoms with Crippen molar-refractivity contribution in [3.8, 4) is 5.75 Å². The number of carboxylic acids is 1. The van der Waals surface area contributed by atoms with Gasteiger partial charge in [0.15, 0.2) is 0 Å². The number of aliphatic hydroxyl groups excluding tert-OH is 1. The number of ether oxygens (including phenoxy) is 1. The van der Waals surface area contributed by atoms with Gasteiger partial charge in [-0.05, 0) is 78.9 Å². The maximum Gasteiger partial charge on any atom is 0.342 e. The number of aromatic hydroxyl groups is 1. The average molecular weight is 489 g/mol. The topological polar surface area (TPSA) is 117 Å². The fourth-order valence-corrected chi connectivity index (χ4v) is 4.81. The van der Waals surface area contributed by atoms with Gasteiger partial charge in [0.2, 0.25) is 0 Å². The molecular formula is C28H40O7. The summed E-state index contributed by atoms with van der Waals surface area (Å²) in [6, 6.07) is 0. The van der Waals surface area contributed by atoms with Crippen molar-refractivity contribution in [2.24, 2.45) is 5.92 Å². The largest absolute Gasteiger partial charge is 0.507 e. The highest BCUT2D eigenvalue weighted by Gasteiger charge is 2.36. The van der Waals surface area contributed by atoms with Gasteiger partial charge in [0.25, 0.3) is 0 Å². The molecule has 1 aromatic heterocycles. The van der Waals surface area contributed by atoms with E-state index in [9.17, 15) is 24.9 Å². The summed E-state index contributed by atoms with van der Waals surface area (Å²) in [7, 11) is 0. The molecule has 1 aliphatic heterocycles. The lowest BCUT2D eigenvalue weighted by Crippen LogP contribution is -2.33. The zero-order valence-corrected chi connectivity index (χ0v) is 22.0. The molecule has 0 aromatic carbocycles. The van der Waals surface area contributed by atoms with Gasteiger partial charge in [-0.15, -0.1) is 0 Å². The number of aliphatic carboxylic acids is 1. The minimum absolute atomic E-state index is 0.0313. The van der Waals surface area contributed by atoms with Crippen LogP contribution in [0.15, 0.2) is 44.2 Å². The Morgan fingerprint density at radius 3 is 2.43 bits per heavy atom. The molecule has 0 aliphatic carbocycles. The van der Waals surface area contributed by atoms with E-state index < -0.39 is 23.1 Å². The van der Waals surface area contributed by atoms with E-state index in [0.29, 0.717) is 37.0 Å². The molecule has 0 amide bonds. The van der Waals surface area contributed by atoms with Crippen LogP contribution in [0.1, 0.15) is 83.1 Å². The Bertz CT molecular complexity index is 1080. The Hall–Kier alpha value is -2.64. The zero-order chi connectivity index (χ0) is 26.5. The number of aliphatic hydroxyl groups is 1. The van der Waals surface area contributed by atoms with Gasteiger partial charge in [-0.25, -0.2) is 4.79 Å². The first-order valence-electron chi connectivity index (χ1n) is 12.2. The molecule has 7 heteroatoms. The molecule has 4 atom stereocenters. The third-order valence-corrected chi connectivity index (χ3v) is 6.85. The number of rotatable bonds is 11. The number of hydrogen-bond donors (Lipinski definition) is 3. The third-order valence-electron chi connectivity index (χ3n) is 6.85. The molecule has 2 rings (SSSR count). The van der Waals surface area contributed by atoms with E-state index in [4.69, 9.17) is 9.15 Å². The summed E-state index contributed by atoms with van der Waals surface area (Å²) >= 11 is 0. The van der Waals surface area contributed by atoms with E-state index in [-0.39, 0.29) is 29.9 Å². The SMILES string of the molecule is CC(=CC(CCCC1(CO)C=C(C)C(C)O1)C(=O)O)C=C(C)CC(C)c1oc(=O)c(C)c(O)c1C. The minimum atomic E-state index is -0.887. The summed E-state index contributed by atoms with van der Waals surface area (Å²) in [6.07, 6.45) is 7.80. The van der Waals surface area contributed by atoms with Crippen LogP contribution in [0.5, 0.6) is 5.75 Å². The fraction of sp³-hybridized carbons (Fsp3) is 0.571. The molecule has 1 aliphatic rings. The number of allylic oxidation sites excluding steroid dienone is 3. The second-order valence-corrected chi connectivity index (χ2v) is 10.1. The molecule has 0 saturated heterocycles. The molecule has 0 spiro atoms. The van der Waals surface area contributed by atoms with Crippen molar-refractivity contribution < 1.29 is 29.3 Å². The molecule has 0 saturated carbocycles. The third kappa shape index (κ3) is 7.18. The van der Waals surface area contributed by atoms with Crippen molar-refractivity contribution in [2.45, 2.75) is 91.8 Å². The summed E-state index contributed by atoms with van der Waals surface area (Å²) in [5.74, 6) is -1.24. The Morgan fingerprint density at radius 1 is 1.23 bits per heavy atom. The van der Waals surface area contributed by atoms with Crippen LogP contribution in [-0.4, -0.2) is 39.6 Å². The first-order chi connectivity index (χ1) is 16.3. The molecule has 3 N–H and O–H groups in total. The van der Waals surface area contributed by atoms with Gasteiger partial charge in [-0.1, -0.05) is 30.2 Å². The Morgan fingerprint density at radius 2 is 1.89 bits per heavy atom. The molecule has 194 valence electrons. The van der Waals surface area contributed by atoms with Crippen LogP contribution in [0, 0.1) is 19.8 Å². The van der Waals surface area contributed by atoms with Crippen molar-refractivity contribution in [1.82, 2.24) is 0 Å². The van der Waals surface area contributed by atoms with Crippen LogP contribution < -0.4 is 5.63 Å². The highest BCUT2D eigenvalue weighted by Crippen LogP contribution is 2.34. The molecule has 0 fully saturated rings. The van der Waals surface area contributed by atoms with Crippen molar-refractivity contribution in [1.29, 1.82) is 0 Å². The predicted molar refractivity (Wildman–Crippen MR) is 136 cm³/mol. The second-order valence-electron chi connectivity index (χ2n) is 10.1. The lowest BCUT2D eigenvalue weighted by atomic mass is 9.91.